The van der Waals surface area contributed by atoms with Crippen LogP contribution in [0.15, 0.2) is 0 Å². The fraction of sp³-hybridized carbons (Fsp3) is 1.00. The zero-order valence-corrected chi connectivity index (χ0v) is 10.9. The van der Waals surface area contributed by atoms with Crippen LogP contribution in [0.4, 0.5) is 0 Å². The molecule has 1 aliphatic heterocycles. The standard InChI is InChI=1S/C14H27NO/c1-3-12-6-5-8-14(10-12)11-13(15-4-2)7-9-16-14/h12-13,15H,3-11H2,1-2H3. The Morgan fingerprint density at radius 1 is 1.25 bits per heavy atom. The summed E-state index contributed by atoms with van der Waals surface area (Å²) in [6.45, 7) is 6.60. The Hall–Kier alpha value is -0.0800. The van der Waals surface area contributed by atoms with Crippen molar-refractivity contribution in [1.29, 1.82) is 0 Å². The van der Waals surface area contributed by atoms with E-state index in [0.717, 1.165) is 19.1 Å². The predicted octanol–water partition coefficient (Wildman–Crippen LogP) is 3.11. The van der Waals surface area contributed by atoms with E-state index in [9.17, 15) is 0 Å². The number of nitrogens with one attached hydrogen (secondary N) is 1. The van der Waals surface area contributed by atoms with Crippen molar-refractivity contribution >= 4 is 0 Å². The highest BCUT2D eigenvalue weighted by Crippen LogP contribution is 2.42. The highest BCUT2D eigenvalue weighted by atomic mass is 16.5. The van der Waals surface area contributed by atoms with Gasteiger partial charge in [-0.15, -0.1) is 0 Å². The van der Waals surface area contributed by atoms with Gasteiger partial charge in [0, 0.05) is 12.6 Å². The summed E-state index contributed by atoms with van der Waals surface area (Å²) in [6.07, 6.45) is 9.18. The molecule has 0 aromatic carbocycles. The Kier molecular flexibility index (Phi) is 4.26. The molecule has 0 aromatic heterocycles. The predicted molar refractivity (Wildman–Crippen MR) is 67.6 cm³/mol. The van der Waals surface area contributed by atoms with Crippen molar-refractivity contribution in [3.05, 3.63) is 0 Å². The van der Waals surface area contributed by atoms with Crippen molar-refractivity contribution in [2.45, 2.75) is 70.4 Å². The van der Waals surface area contributed by atoms with Gasteiger partial charge >= 0.3 is 0 Å². The van der Waals surface area contributed by atoms with Gasteiger partial charge in [-0.05, 0) is 38.1 Å². The van der Waals surface area contributed by atoms with E-state index >= 15 is 0 Å². The Bertz CT molecular complexity index is 213. The molecule has 1 aliphatic carbocycles. The molecule has 2 nitrogen and oxygen atoms in total. The molecule has 1 N–H and O–H groups in total. The Morgan fingerprint density at radius 2 is 2.12 bits per heavy atom. The normalized spacial score (nSPS) is 40.1. The minimum atomic E-state index is 0.240. The van der Waals surface area contributed by atoms with Crippen LogP contribution in [0.1, 0.15) is 58.8 Å². The topological polar surface area (TPSA) is 21.3 Å². The molecule has 3 unspecified atom stereocenters. The van der Waals surface area contributed by atoms with Gasteiger partial charge in [0.25, 0.3) is 0 Å². The van der Waals surface area contributed by atoms with Crippen LogP contribution < -0.4 is 5.32 Å². The first-order chi connectivity index (χ1) is 7.78. The van der Waals surface area contributed by atoms with E-state index < -0.39 is 0 Å². The number of hydrogen-bond donors (Lipinski definition) is 1. The van der Waals surface area contributed by atoms with Gasteiger partial charge in [-0.1, -0.05) is 33.1 Å². The van der Waals surface area contributed by atoms with Crippen LogP contribution in [-0.2, 0) is 4.74 Å². The molecule has 1 heterocycles. The maximum Gasteiger partial charge on any atom is 0.0700 e. The summed E-state index contributed by atoms with van der Waals surface area (Å²) in [5, 5.41) is 3.61. The summed E-state index contributed by atoms with van der Waals surface area (Å²) >= 11 is 0. The average molecular weight is 225 g/mol. The van der Waals surface area contributed by atoms with E-state index in [2.05, 4.69) is 19.2 Å². The largest absolute Gasteiger partial charge is 0.375 e. The molecular formula is C14H27NO. The molecule has 0 amide bonds. The minimum absolute atomic E-state index is 0.240. The van der Waals surface area contributed by atoms with E-state index in [1.807, 2.05) is 0 Å². The van der Waals surface area contributed by atoms with E-state index in [-0.39, 0.29) is 5.60 Å². The summed E-state index contributed by atoms with van der Waals surface area (Å²) in [6, 6.07) is 0.703. The lowest BCUT2D eigenvalue weighted by Crippen LogP contribution is -2.49. The van der Waals surface area contributed by atoms with E-state index in [0.29, 0.717) is 6.04 Å². The molecule has 2 heteroatoms. The van der Waals surface area contributed by atoms with Gasteiger partial charge in [0.2, 0.25) is 0 Å². The van der Waals surface area contributed by atoms with Gasteiger partial charge in [-0.2, -0.15) is 0 Å². The van der Waals surface area contributed by atoms with Crippen molar-refractivity contribution in [2.24, 2.45) is 5.92 Å². The molecule has 0 aromatic rings. The number of rotatable bonds is 3. The van der Waals surface area contributed by atoms with Crippen LogP contribution in [0.3, 0.4) is 0 Å². The first-order valence-corrected chi connectivity index (χ1v) is 7.15. The quantitative estimate of drug-likeness (QED) is 0.797. The molecule has 16 heavy (non-hydrogen) atoms. The summed E-state index contributed by atoms with van der Waals surface area (Å²) in [4.78, 5) is 0. The summed E-state index contributed by atoms with van der Waals surface area (Å²) in [5.74, 6) is 0.911. The maximum absolute atomic E-state index is 6.18. The van der Waals surface area contributed by atoms with Crippen LogP contribution >= 0.6 is 0 Å². The second-order valence-corrected chi connectivity index (χ2v) is 5.65. The summed E-state index contributed by atoms with van der Waals surface area (Å²) in [7, 11) is 0. The van der Waals surface area contributed by atoms with Crippen LogP contribution in [-0.4, -0.2) is 24.8 Å². The Labute approximate surface area is 100 Å². The Morgan fingerprint density at radius 3 is 2.88 bits per heavy atom. The smallest absolute Gasteiger partial charge is 0.0700 e. The SMILES string of the molecule is CCNC1CCOC2(CCCC(CC)C2)C1. The fourth-order valence-electron chi connectivity index (χ4n) is 3.60. The van der Waals surface area contributed by atoms with Crippen LogP contribution in [0, 0.1) is 5.92 Å². The van der Waals surface area contributed by atoms with E-state index in [4.69, 9.17) is 4.74 Å². The lowest BCUT2D eigenvalue weighted by atomic mass is 9.73. The molecule has 2 fully saturated rings. The van der Waals surface area contributed by atoms with Crippen molar-refractivity contribution < 1.29 is 4.74 Å². The molecule has 0 radical (unpaired) electrons. The highest BCUT2D eigenvalue weighted by Gasteiger charge is 2.40. The molecule has 3 atom stereocenters. The Balaban J connectivity index is 1.94. The second kappa shape index (κ2) is 5.50. The lowest BCUT2D eigenvalue weighted by Gasteiger charge is -2.46. The third kappa shape index (κ3) is 2.78. The van der Waals surface area contributed by atoms with Gasteiger partial charge in [0.05, 0.1) is 5.60 Å². The van der Waals surface area contributed by atoms with Crippen molar-refractivity contribution in [1.82, 2.24) is 5.32 Å². The van der Waals surface area contributed by atoms with Gasteiger partial charge in [-0.3, -0.25) is 0 Å². The molecular weight excluding hydrogens is 198 g/mol. The molecule has 94 valence electrons. The first kappa shape index (κ1) is 12.4. The third-order valence-electron chi connectivity index (χ3n) is 4.47. The van der Waals surface area contributed by atoms with Crippen molar-refractivity contribution in [2.75, 3.05) is 13.2 Å². The molecule has 1 spiro atoms. The minimum Gasteiger partial charge on any atom is -0.375 e. The van der Waals surface area contributed by atoms with E-state index in [1.165, 1.54) is 44.9 Å². The second-order valence-electron chi connectivity index (χ2n) is 5.65. The van der Waals surface area contributed by atoms with Gasteiger partial charge < -0.3 is 10.1 Å². The molecule has 0 bridgehead atoms. The van der Waals surface area contributed by atoms with Gasteiger partial charge in [0.1, 0.15) is 0 Å². The van der Waals surface area contributed by atoms with Crippen LogP contribution in [0.2, 0.25) is 0 Å². The van der Waals surface area contributed by atoms with E-state index in [1.54, 1.807) is 0 Å². The van der Waals surface area contributed by atoms with Crippen molar-refractivity contribution in [3.63, 3.8) is 0 Å². The zero-order valence-electron chi connectivity index (χ0n) is 10.9. The molecule has 2 rings (SSSR count). The summed E-state index contributed by atoms with van der Waals surface area (Å²) < 4.78 is 6.18. The van der Waals surface area contributed by atoms with Crippen LogP contribution in [0.25, 0.3) is 0 Å². The average Bonchev–Trinajstić information content (AvgIpc) is 2.29. The third-order valence-corrected chi connectivity index (χ3v) is 4.47. The molecule has 1 saturated carbocycles. The summed E-state index contributed by atoms with van der Waals surface area (Å²) in [5.41, 5.74) is 0.240. The zero-order chi connectivity index (χ0) is 11.4. The monoisotopic (exact) mass is 225 g/mol. The first-order valence-electron chi connectivity index (χ1n) is 7.15. The fourth-order valence-corrected chi connectivity index (χ4v) is 3.60. The lowest BCUT2D eigenvalue weighted by molar-refractivity contribution is -0.119. The molecule has 2 aliphatic rings. The van der Waals surface area contributed by atoms with Gasteiger partial charge in [0.15, 0.2) is 0 Å². The molecule has 1 saturated heterocycles. The maximum atomic E-state index is 6.18. The van der Waals surface area contributed by atoms with Crippen LogP contribution in [0.5, 0.6) is 0 Å². The number of hydrogen-bond acceptors (Lipinski definition) is 2. The highest BCUT2D eigenvalue weighted by molar-refractivity contribution is 4.94. The number of ether oxygens (including phenoxy) is 1. The van der Waals surface area contributed by atoms with Crippen molar-refractivity contribution in [3.8, 4) is 0 Å². The van der Waals surface area contributed by atoms with Gasteiger partial charge in [-0.25, -0.2) is 0 Å².